The Kier molecular flexibility index (Phi) is 6.31. The first kappa shape index (κ1) is 23.1. The van der Waals surface area contributed by atoms with E-state index in [9.17, 15) is 9.90 Å². The molecule has 4 aromatic rings. The van der Waals surface area contributed by atoms with Crippen molar-refractivity contribution in [3.8, 4) is 5.75 Å². The quantitative estimate of drug-likeness (QED) is 0.417. The lowest BCUT2D eigenvalue weighted by Gasteiger charge is -2.20. The molecule has 1 aliphatic rings. The number of para-hydroxylation sites is 3. The van der Waals surface area contributed by atoms with Crippen LogP contribution in [0, 0.1) is 20.8 Å². The number of amides is 1. The van der Waals surface area contributed by atoms with Crippen LogP contribution in [0.15, 0.2) is 66.7 Å². The van der Waals surface area contributed by atoms with Crippen LogP contribution in [0.5, 0.6) is 5.75 Å². The van der Waals surface area contributed by atoms with Crippen LogP contribution in [-0.2, 0) is 11.3 Å². The van der Waals surface area contributed by atoms with Gasteiger partial charge in [0.2, 0.25) is 5.91 Å². The zero-order valence-corrected chi connectivity index (χ0v) is 20.4. The van der Waals surface area contributed by atoms with E-state index in [1.165, 1.54) is 5.56 Å². The summed E-state index contributed by atoms with van der Waals surface area (Å²) in [5.74, 6) is 1.63. The van der Waals surface area contributed by atoms with Gasteiger partial charge in [0.05, 0.1) is 17.6 Å². The van der Waals surface area contributed by atoms with E-state index >= 15 is 0 Å². The maximum Gasteiger partial charge on any atom is 0.227 e. The van der Waals surface area contributed by atoms with Crippen LogP contribution in [0.2, 0.25) is 0 Å². The number of carbonyl (C=O) groups excluding carboxylic acids is 1. The molecule has 1 fully saturated rings. The van der Waals surface area contributed by atoms with Gasteiger partial charge in [-0.1, -0.05) is 36.4 Å². The average molecular weight is 470 g/mol. The molecule has 0 unspecified atom stereocenters. The Morgan fingerprint density at radius 3 is 2.57 bits per heavy atom. The Bertz CT molecular complexity index is 1380. The molecule has 1 N–H and O–H groups in total. The molecule has 6 nitrogen and oxygen atoms in total. The van der Waals surface area contributed by atoms with Gasteiger partial charge in [-0.3, -0.25) is 4.79 Å². The summed E-state index contributed by atoms with van der Waals surface area (Å²) >= 11 is 0. The minimum absolute atomic E-state index is 0.0534. The average Bonchev–Trinajstić information content (AvgIpc) is 3.41. The molecule has 6 heteroatoms. The molecule has 35 heavy (non-hydrogen) atoms. The van der Waals surface area contributed by atoms with Crippen molar-refractivity contribution in [1.29, 1.82) is 0 Å². The maximum absolute atomic E-state index is 13.0. The Balaban J connectivity index is 1.38. The fourth-order valence-corrected chi connectivity index (χ4v) is 4.84. The Morgan fingerprint density at radius 1 is 1.00 bits per heavy atom. The fourth-order valence-electron chi connectivity index (χ4n) is 4.84. The third kappa shape index (κ3) is 4.66. The summed E-state index contributed by atoms with van der Waals surface area (Å²) in [5.41, 5.74) is 6.21. The number of aliphatic hydroxyl groups excluding tert-OH is 1. The van der Waals surface area contributed by atoms with Crippen LogP contribution < -0.4 is 9.64 Å². The number of fused-ring (bicyclic) bond motifs is 1. The summed E-state index contributed by atoms with van der Waals surface area (Å²) in [4.78, 5) is 19.8. The monoisotopic (exact) mass is 469 g/mol. The third-order valence-corrected chi connectivity index (χ3v) is 6.89. The highest BCUT2D eigenvalue weighted by Crippen LogP contribution is 2.34. The minimum Gasteiger partial charge on any atom is -0.491 e. The molecule has 0 spiro atoms. The van der Waals surface area contributed by atoms with E-state index < -0.39 is 6.10 Å². The highest BCUT2D eigenvalue weighted by Gasteiger charge is 2.35. The summed E-state index contributed by atoms with van der Waals surface area (Å²) in [6.45, 7) is 7.22. The number of carbonyl (C=O) groups is 1. The van der Waals surface area contributed by atoms with E-state index in [2.05, 4.69) is 11.5 Å². The second-order valence-corrected chi connectivity index (χ2v) is 9.47. The number of ether oxygens (including phenoxy) is 1. The smallest absolute Gasteiger partial charge is 0.227 e. The van der Waals surface area contributed by atoms with Gasteiger partial charge in [-0.15, -0.1) is 0 Å². The van der Waals surface area contributed by atoms with Crippen molar-refractivity contribution in [3.63, 3.8) is 0 Å². The number of benzene rings is 3. The van der Waals surface area contributed by atoms with Gasteiger partial charge in [0.25, 0.3) is 0 Å². The van der Waals surface area contributed by atoms with Crippen LogP contribution in [-0.4, -0.2) is 39.8 Å². The number of hydrogen-bond acceptors (Lipinski definition) is 4. The number of hydrogen-bond donors (Lipinski definition) is 1. The van der Waals surface area contributed by atoms with Crippen molar-refractivity contribution in [2.75, 3.05) is 18.1 Å². The van der Waals surface area contributed by atoms with E-state index in [0.717, 1.165) is 39.4 Å². The number of aromatic nitrogens is 2. The second kappa shape index (κ2) is 9.55. The second-order valence-electron chi connectivity index (χ2n) is 9.47. The summed E-state index contributed by atoms with van der Waals surface area (Å²) in [5, 5.41) is 10.9. The number of imidazole rings is 1. The summed E-state index contributed by atoms with van der Waals surface area (Å²) < 4.78 is 7.95. The Hall–Kier alpha value is -3.64. The van der Waals surface area contributed by atoms with Crippen molar-refractivity contribution in [2.45, 2.75) is 45.8 Å². The molecule has 3 aromatic carbocycles. The van der Waals surface area contributed by atoms with Crippen LogP contribution in [0.25, 0.3) is 11.0 Å². The van der Waals surface area contributed by atoms with Gasteiger partial charge < -0.3 is 19.3 Å². The molecule has 180 valence electrons. The van der Waals surface area contributed by atoms with Gasteiger partial charge in [-0.2, -0.15) is 0 Å². The SMILES string of the molecule is Cc1ccc(OC[C@@H](O)Cn2c([C@H]3CC(=O)N(c4ccccc4C)C3)nc3ccccc32)cc1C. The molecule has 0 radical (unpaired) electrons. The zero-order chi connectivity index (χ0) is 24.5. The Morgan fingerprint density at radius 2 is 1.77 bits per heavy atom. The van der Waals surface area contributed by atoms with Gasteiger partial charge in [0, 0.05) is 24.6 Å². The predicted octanol–water partition coefficient (Wildman–Crippen LogP) is 4.92. The molecule has 1 aromatic heterocycles. The summed E-state index contributed by atoms with van der Waals surface area (Å²) in [6, 6.07) is 21.8. The third-order valence-electron chi connectivity index (χ3n) is 6.89. The molecular formula is C29H31N3O3. The number of nitrogens with zero attached hydrogens (tertiary/aromatic N) is 3. The molecule has 0 bridgehead atoms. The molecule has 1 saturated heterocycles. The van der Waals surface area contributed by atoms with Crippen molar-refractivity contribution >= 4 is 22.6 Å². The lowest BCUT2D eigenvalue weighted by atomic mass is 10.1. The largest absolute Gasteiger partial charge is 0.491 e. The van der Waals surface area contributed by atoms with E-state index in [1.807, 2.05) is 85.5 Å². The molecule has 2 heterocycles. The van der Waals surface area contributed by atoms with Crippen molar-refractivity contribution in [2.24, 2.45) is 0 Å². The van der Waals surface area contributed by atoms with Crippen molar-refractivity contribution in [3.05, 3.63) is 89.2 Å². The van der Waals surface area contributed by atoms with Gasteiger partial charge >= 0.3 is 0 Å². The number of anilines is 1. The lowest BCUT2D eigenvalue weighted by Crippen LogP contribution is -2.27. The maximum atomic E-state index is 13.0. The fraction of sp³-hybridized carbons (Fsp3) is 0.310. The van der Waals surface area contributed by atoms with Crippen LogP contribution in [0.4, 0.5) is 5.69 Å². The van der Waals surface area contributed by atoms with Crippen molar-refractivity contribution in [1.82, 2.24) is 9.55 Å². The molecule has 0 aliphatic carbocycles. The summed E-state index contributed by atoms with van der Waals surface area (Å²) in [6.07, 6.45) is -0.329. The van der Waals surface area contributed by atoms with Gasteiger partial charge in [-0.05, 0) is 67.8 Å². The van der Waals surface area contributed by atoms with E-state index in [0.29, 0.717) is 19.5 Å². The molecule has 1 aliphatic heterocycles. The first-order valence-corrected chi connectivity index (χ1v) is 12.1. The van der Waals surface area contributed by atoms with Crippen LogP contribution in [0.1, 0.15) is 34.9 Å². The first-order chi connectivity index (χ1) is 16.9. The Labute approximate surface area is 205 Å². The topological polar surface area (TPSA) is 67.6 Å². The normalized spacial score (nSPS) is 16.7. The van der Waals surface area contributed by atoms with Crippen LogP contribution >= 0.6 is 0 Å². The molecular weight excluding hydrogens is 438 g/mol. The van der Waals surface area contributed by atoms with E-state index in [4.69, 9.17) is 9.72 Å². The highest BCUT2D eigenvalue weighted by atomic mass is 16.5. The molecule has 5 rings (SSSR count). The standard InChI is InChI=1S/C29H31N3O3/c1-19-12-13-24(14-21(19)3)35-18-23(33)17-32-27-11-7-5-9-25(27)30-29(32)22-15-28(34)31(16-22)26-10-6-4-8-20(26)2/h4-14,22-23,33H,15-18H2,1-3H3/t22-,23-/m0/s1. The number of aryl methyl sites for hydroxylation is 3. The van der Waals surface area contributed by atoms with Gasteiger partial charge in [0.15, 0.2) is 0 Å². The summed E-state index contributed by atoms with van der Waals surface area (Å²) in [7, 11) is 0. The highest BCUT2D eigenvalue weighted by molar-refractivity contribution is 5.97. The molecule has 2 atom stereocenters. The minimum atomic E-state index is -0.724. The predicted molar refractivity (Wildman–Crippen MR) is 138 cm³/mol. The first-order valence-electron chi connectivity index (χ1n) is 12.1. The van der Waals surface area contributed by atoms with E-state index in [-0.39, 0.29) is 18.4 Å². The lowest BCUT2D eigenvalue weighted by molar-refractivity contribution is -0.117. The molecule has 0 saturated carbocycles. The zero-order valence-electron chi connectivity index (χ0n) is 20.4. The van der Waals surface area contributed by atoms with Crippen molar-refractivity contribution < 1.29 is 14.6 Å². The number of rotatable bonds is 7. The van der Waals surface area contributed by atoms with Crippen LogP contribution in [0.3, 0.4) is 0 Å². The molecule has 1 amide bonds. The van der Waals surface area contributed by atoms with Gasteiger partial charge in [0.1, 0.15) is 24.3 Å². The van der Waals surface area contributed by atoms with Gasteiger partial charge in [-0.25, -0.2) is 4.98 Å². The number of aliphatic hydroxyl groups is 1. The van der Waals surface area contributed by atoms with E-state index in [1.54, 1.807) is 0 Å².